The molecule has 2 heterocycles. The fraction of sp³-hybridized carbons (Fsp3) is 0.423. The summed E-state index contributed by atoms with van der Waals surface area (Å²) in [4.78, 5) is 34.7. The number of likely N-dealkylation sites (tertiary alicyclic amines) is 1. The summed E-state index contributed by atoms with van der Waals surface area (Å²) in [5, 5.41) is 0. The van der Waals surface area contributed by atoms with Crippen LogP contribution in [0.4, 0.5) is 0 Å². The maximum absolute atomic E-state index is 13.2. The molecule has 6 heteroatoms. The minimum atomic E-state index is -0.0165. The molecule has 6 nitrogen and oxygen atoms in total. The van der Waals surface area contributed by atoms with Gasteiger partial charge in [0.1, 0.15) is 12.4 Å². The average Bonchev–Trinajstić information content (AvgIpc) is 3.34. The molecule has 2 amide bonds. The molecule has 1 aromatic heterocycles. The molecule has 1 saturated heterocycles. The Morgan fingerprint density at radius 1 is 1.03 bits per heavy atom. The number of nitrogens with zero attached hydrogens (tertiary/aromatic N) is 4. The van der Waals surface area contributed by atoms with Crippen LogP contribution >= 0.6 is 0 Å². The van der Waals surface area contributed by atoms with Gasteiger partial charge in [-0.25, -0.2) is 4.98 Å². The third-order valence-corrected chi connectivity index (χ3v) is 6.11. The summed E-state index contributed by atoms with van der Waals surface area (Å²) in [7, 11) is 0. The number of hydrogen-bond acceptors (Lipinski definition) is 3. The minimum absolute atomic E-state index is 0.0165. The second kappa shape index (κ2) is 9.98. The molecular formula is C26H32N4O2. The van der Waals surface area contributed by atoms with Crippen LogP contribution in [0.3, 0.4) is 0 Å². The lowest BCUT2D eigenvalue weighted by Gasteiger charge is -2.23. The van der Waals surface area contributed by atoms with Crippen LogP contribution < -0.4 is 0 Å². The van der Waals surface area contributed by atoms with E-state index in [2.05, 4.69) is 13.8 Å². The highest BCUT2D eigenvalue weighted by Crippen LogP contribution is 2.31. The lowest BCUT2D eigenvalue weighted by molar-refractivity contribution is -0.132. The van der Waals surface area contributed by atoms with Crippen molar-refractivity contribution in [3.05, 3.63) is 66.0 Å². The number of benzene rings is 2. The van der Waals surface area contributed by atoms with Crippen LogP contribution in [0, 0.1) is 0 Å². The van der Waals surface area contributed by atoms with Gasteiger partial charge in [-0.05, 0) is 30.5 Å². The fourth-order valence-corrected chi connectivity index (χ4v) is 4.61. The van der Waals surface area contributed by atoms with E-state index in [0.29, 0.717) is 19.5 Å². The zero-order valence-electron chi connectivity index (χ0n) is 19.0. The number of fused-ring (bicyclic) bond motifs is 1. The molecule has 32 heavy (non-hydrogen) atoms. The summed E-state index contributed by atoms with van der Waals surface area (Å²) < 4.78 is 2.04. The van der Waals surface area contributed by atoms with Gasteiger partial charge in [0, 0.05) is 38.5 Å². The van der Waals surface area contributed by atoms with Crippen LogP contribution in [0.2, 0.25) is 0 Å². The topological polar surface area (TPSA) is 58.4 Å². The fourth-order valence-electron chi connectivity index (χ4n) is 4.61. The minimum Gasteiger partial charge on any atom is -0.341 e. The molecule has 1 fully saturated rings. The third kappa shape index (κ3) is 4.69. The third-order valence-electron chi connectivity index (χ3n) is 6.11. The van der Waals surface area contributed by atoms with Crippen LogP contribution in [-0.4, -0.2) is 50.8 Å². The number of aromatic nitrogens is 2. The first kappa shape index (κ1) is 22.1. The van der Waals surface area contributed by atoms with Gasteiger partial charge in [0.2, 0.25) is 11.8 Å². The molecule has 0 bridgehead atoms. The van der Waals surface area contributed by atoms with E-state index in [1.54, 1.807) is 0 Å². The monoisotopic (exact) mass is 432 g/mol. The summed E-state index contributed by atoms with van der Waals surface area (Å²) in [5.74, 6) is 1.08. The molecule has 4 rings (SSSR count). The molecule has 1 aliphatic heterocycles. The van der Waals surface area contributed by atoms with E-state index >= 15 is 0 Å². The molecular weight excluding hydrogens is 400 g/mol. The van der Waals surface area contributed by atoms with Crippen molar-refractivity contribution in [2.24, 2.45) is 0 Å². The Morgan fingerprint density at radius 2 is 1.72 bits per heavy atom. The zero-order valence-corrected chi connectivity index (χ0v) is 19.0. The van der Waals surface area contributed by atoms with Crippen LogP contribution in [0.15, 0.2) is 54.6 Å². The standard InChI is InChI=1S/C26H32N4O2/c1-3-14-28(15-4-2)25(32)19-30-23-13-9-8-12-22(23)27-26(30)21-16-24(31)29(18-21)17-20-10-6-5-7-11-20/h5-13,21H,3-4,14-19H2,1-2H3/t21-/m1/s1. The summed E-state index contributed by atoms with van der Waals surface area (Å²) in [6, 6.07) is 18.0. The SMILES string of the molecule is CCCN(CCC)C(=O)Cn1c([C@@H]2CC(=O)N(Cc3ccccc3)C2)nc2ccccc21. The highest BCUT2D eigenvalue weighted by molar-refractivity contribution is 5.83. The highest BCUT2D eigenvalue weighted by atomic mass is 16.2. The van der Waals surface area contributed by atoms with Crippen molar-refractivity contribution >= 4 is 22.8 Å². The first-order valence-corrected chi connectivity index (χ1v) is 11.6. The van der Waals surface area contributed by atoms with Crippen LogP contribution in [0.5, 0.6) is 0 Å². The second-order valence-electron chi connectivity index (χ2n) is 8.59. The Kier molecular flexibility index (Phi) is 6.88. The van der Waals surface area contributed by atoms with Gasteiger partial charge in [-0.1, -0.05) is 56.3 Å². The summed E-state index contributed by atoms with van der Waals surface area (Å²) in [5.41, 5.74) is 2.96. The first-order valence-electron chi connectivity index (χ1n) is 11.6. The van der Waals surface area contributed by atoms with Gasteiger partial charge < -0.3 is 14.4 Å². The van der Waals surface area contributed by atoms with Crippen LogP contribution in [0.1, 0.15) is 50.4 Å². The molecule has 3 aromatic rings. The molecule has 168 valence electrons. The first-order chi connectivity index (χ1) is 15.6. The molecule has 0 N–H and O–H groups in total. The van der Waals surface area contributed by atoms with E-state index < -0.39 is 0 Å². The maximum Gasteiger partial charge on any atom is 0.242 e. The Balaban J connectivity index is 1.60. The summed E-state index contributed by atoms with van der Waals surface area (Å²) in [6.45, 7) is 7.22. The van der Waals surface area contributed by atoms with Crippen molar-refractivity contribution in [3.63, 3.8) is 0 Å². The van der Waals surface area contributed by atoms with Gasteiger partial charge in [-0.15, -0.1) is 0 Å². The van der Waals surface area contributed by atoms with Crippen molar-refractivity contribution in [3.8, 4) is 0 Å². The van der Waals surface area contributed by atoms with Crippen LogP contribution in [-0.2, 0) is 22.7 Å². The van der Waals surface area contributed by atoms with Gasteiger partial charge in [0.15, 0.2) is 0 Å². The van der Waals surface area contributed by atoms with Gasteiger partial charge in [0.05, 0.1) is 11.0 Å². The Hall–Kier alpha value is -3.15. The number of carbonyl (C=O) groups excluding carboxylic acids is 2. The molecule has 2 aromatic carbocycles. The van der Waals surface area contributed by atoms with Crippen molar-refractivity contribution in [1.82, 2.24) is 19.4 Å². The lowest BCUT2D eigenvalue weighted by Crippen LogP contribution is -2.35. The molecule has 1 atom stereocenters. The zero-order chi connectivity index (χ0) is 22.5. The van der Waals surface area contributed by atoms with Crippen molar-refractivity contribution in [2.45, 2.75) is 52.1 Å². The summed E-state index contributed by atoms with van der Waals surface area (Å²) in [6.07, 6.45) is 2.31. The predicted octanol–water partition coefficient (Wildman–Crippen LogP) is 4.20. The Bertz CT molecular complexity index is 1070. The predicted molar refractivity (Wildman–Crippen MR) is 126 cm³/mol. The number of hydrogen-bond donors (Lipinski definition) is 0. The van der Waals surface area contributed by atoms with Crippen LogP contribution in [0.25, 0.3) is 11.0 Å². The summed E-state index contributed by atoms with van der Waals surface area (Å²) >= 11 is 0. The van der Waals surface area contributed by atoms with E-state index in [0.717, 1.165) is 48.4 Å². The largest absolute Gasteiger partial charge is 0.341 e. The normalized spacial score (nSPS) is 16.1. The molecule has 0 saturated carbocycles. The van der Waals surface area contributed by atoms with E-state index in [1.165, 1.54) is 0 Å². The van der Waals surface area contributed by atoms with E-state index in [-0.39, 0.29) is 24.3 Å². The molecule has 1 aliphatic rings. The number of imidazole rings is 1. The Morgan fingerprint density at radius 3 is 2.44 bits per heavy atom. The van der Waals surface area contributed by atoms with Gasteiger partial charge in [-0.2, -0.15) is 0 Å². The maximum atomic E-state index is 13.2. The smallest absolute Gasteiger partial charge is 0.242 e. The molecule has 0 unspecified atom stereocenters. The van der Waals surface area contributed by atoms with E-state index in [4.69, 9.17) is 4.98 Å². The highest BCUT2D eigenvalue weighted by Gasteiger charge is 2.34. The van der Waals surface area contributed by atoms with Crippen molar-refractivity contribution < 1.29 is 9.59 Å². The number of carbonyl (C=O) groups is 2. The molecule has 0 spiro atoms. The lowest BCUT2D eigenvalue weighted by atomic mass is 10.1. The van der Waals surface area contributed by atoms with Gasteiger partial charge >= 0.3 is 0 Å². The van der Waals surface area contributed by atoms with Crippen molar-refractivity contribution in [2.75, 3.05) is 19.6 Å². The molecule has 0 radical (unpaired) electrons. The second-order valence-corrected chi connectivity index (χ2v) is 8.59. The molecule has 0 aliphatic carbocycles. The quantitative estimate of drug-likeness (QED) is 0.509. The number of amides is 2. The van der Waals surface area contributed by atoms with Gasteiger partial charge in [0.25, 0.3) is 0 Å². The Labute approximate surface area is 189 Å². The van der Waals surface area contributed by atoms with Gasteiger partial charge in [-0.3, -0.25) is 9.59 Å². The average molecular weight is 433 g/mol. The van der Waals surface area contributed by atoms with E-state index in [1.807, 2.05) is 69.0 Å². The van der Waals surface area contributed by atoms with E-state index in [9.17, 15) is 9.59 Å². The van der Waals surface area contributed by atoms with Crippen molar-refractivity contribution in [1.29, 1.82) is 0 Å². The number of para-hydroxylation sites is 2. The number of rotatable bonds is 9.